The highest BCUT2D eigenvalue weighted by Crippen LogP contribution is 2.28. The van der Waals surface area contributed by atoms with Gasteiger partial charge in [-0.25, -0.2) is 0 Å². The molecule has 0 spiro atoms. The summed E-state index contributed by atoms with van der Waals surface area (Å²) in [4.78, 5) is 4.28. The summed E-state index contributed by atoms with van der Waals surface area (Å²) in [5.74, 6) is 2.57. The van der Waals surface area contributed by atoms with E-state index in [1.54, 1.807) is 7.05 Å². The topological polar surface area (TPSA) is 54.9 Å². The smallest absolute Gasteiger partial charge is 0.191 e. The Morgan fingerprint density at radius 3 is 2.69 bits per heavy atom. The maximum absolute atomic E-state index is 5.93. The Hall–Kier alpha value is -1.02. The van der Waals surface area contributed by atoms with Crippen molar-refractivity contribution in [3.05, 3.63) is 29.3 Å². The van der Waals surface area contributed by atoms with Crippen LogP contribution in [0.4, 0.5) is 0 Å². The molecule has 1 saturated carbocycles. The molecular formula is C20H34IN3O2. The first kappa shape index (κ1) is 23.0. The maximum atomic E-state index is 5.93. The number of aliphatic imine (C=N–C) groups is 1. The fraction of sp³-hybridized carbons (Fsp3) is 0.650. The molecule has 0 radical (unpaired) electrons. The van der Waals surface area contributed by atoms with E-state index in [0.717, 1.165) is 49.4 Å². The molecule has 1 aliphatic carbocycles. The van der Waals surface area contributed by atoms with Crippen LogP contribution in [0.1, 0.15) is 44.2 Å². The van der Waals surface area contributed by atoms with Gasteiger partial charge in [0.25, 0.3) is 0 Å². The van der Waals surface area contributed by atoms with E-state index in [2.05, 4.69) is 40.7 Å². The van der Waals surface area contributed by atoms with Gasteiger partial charge in [0.1, 0.15) is 5.75 Å². The lowest BCUT2D eigenvalue weighted by molar-refractivity contribution is 0.123. The summed E-state index contributed by atoms with van der Waals surface area (Å²) in [5.41, 5.74) is 2.34. The van der Waals surface area contributed by atoms with Crippen molar-refractivity contribution in [3.8, 4) is 5.75 Å². The molecule has 0 bridgehead atoms. The van der Waals surface area contributed by atoms with Gasteiger partial charge in [-0.2, -0.15) is 0 Å². The molecule has 6 heteroatoms. The number of halogens is 1. The van der Waals surface area contributed by atoms with Crippen molar-refractivity contribution in [1.82, 2.24) is 10.6 Å². The molecule has 2 rings (SSSR count). The minimum absolute atomic E-state index is 0. The number of nitrogens with zero attached hydrogens (tertiary/aromatic N) is 1. The van der Waals surface area contributed by atoms with E-state index in [1.807, 2.05) is 13.8 Å². The number of aryl methyl sites for hydroxylation is 1. The van der Waals surface area contributed by atoms with E-state index in [9.17, 15) is 0 Å². The van der Waals surface area contributed by atoms with Crippen LogP contribution in [-0.2, 0) is 11.3 Å². The zero-order valence-corrected chi connectivity index (χ0v) is 18.8. The molecule has 1 fully saturated rings. The average Bonchev–Trinajstić information content (AvgIpc) is 3.38. The lowest BCUT2D eigenvalue weighted by atomic mass is 10.1. The summed E-state index contributed by atoms with van der Waals surface area (Å²) in [6.07, 6.45) is 3.83. The molecule has 1 aromatic carbocycles. The zero-order chi connectivity index (χ0) is 18.1. The molecule has 0 amide bonds. The highest BCUT2D eigenvalue weighted by Gasteiger charge is 2.20. The lowest BCUT2D eigenvalue weighted by Crippen LogP contribution is -2.37. The Morgan fingerprint density at radius 2 is 2.04 bits per heavy atom. The molecule has 0 unspecified atom stereocenters. The number of nitrogens with one attached hydrogen (secondary N) is 2. The fourth-order valence-electron chi connectivity index (χ4n) is 2.49. The van der Waals surface area contributed by atoms with Crippen molar-refractivity contribution < 1.29 is 9.47 Å². The fourth-order valence-corrected chi connectivity index (χ4v) is 2.49. The third-order valence-corrected chi connectivity index (χ3v) is 4.06. The van der Waals surface area contributed by atoms with Gasteiger partial charge in [-0.1, -0.05) is 12.1 Å². The van der Waals surface area contributed by atoms with Gasteiger partial charge in [0.2, 0.25) is 0 Å². The lowest BCUT2D eigenvalue weighted by Gasteiger charge is -2.17. The second-order valence-corrected chi connectivity index (χ2v) is 7.00. The molecule has 0 heterocycles. The molecular weight excluding hydrogens is 441 g/mol. The van der Waals surface area contributed by atoms with Crippen LogP contribution < -0.4 is 15.4 Å². The summed E-state index contributed by atoms with van der Waals surface area (Å²) in [6, 6.07) is 6.31. The van der Waals surface area contributed by atoms with Gasteiger partial charge in [-0.05, 0) is 57.6 Å². The van der Waals surface area contributed by atoms with Crippen LogP contribution in [0, 0.1) is 12.8 Å². The predicted octanol–water partition coefficient (Wildman–Crippen LogP) is 3.88. The maximum Gasteiger partial charge on any atom is 0.191 e. The molecule has 26 heavy (non-hydrogen) atoms. The third-order valence-electron chi connectivity index (χ3n) is 4.06. The molecule has 0 atom stereocenters. The minimum atomic E-state index is 0. The Labute approximate surface area is 175 Å². The van der Waals surface area contributed by atoms with Crippen LogP contribution in [0.2, 0.25) is 0 Å². The Morgan fingerprint density at radius 1 is 1.27 bits per heavy atom. The van der Waals surface area contributed by atoms with Crippen molar-refractivity contribution in [2.24, 2.45) is 10.9 Å². The van der Waals surface area contributed by atoms with Crippen LogP contribution in [0.15, 0.2) is 23.2 Å². The first-order valence-electron chi connectivity index (χ1n) is 9.37. The minimum Gasteiger partial charge on any atom is -0.491 e. The molecule has 0 aliphatic heterocycles. The van der Waals surface area contributed by atoms with Gasteiger partial charge in [-0.15, -0.1) is 24.0 Å². The Balaban J connectivity index is 0.00000338. The molecule has 0 aromatic heterocycles. The predicted molar refractivity (Wildman–Crippen MR) is 119 cm³/mol. The summed E-state index contributed by atoms with van der Waals surface area (Å²) >= 11 is 0. The summed E-state index contributed by atoms with van der Waals surface area (Å²) < 4.78 is 11.6. The van der Waals surface area contributed by atoms with Crippen LogP contribution in [0.25, 0.3) is 0 Å². The monoisotopic (exact) mass is 475 g/mol. The first-order chi connectivity index (χ1) is 12.1. The average molecular weight is 475 g/mol. The molecule has 2 N–H and O–H groups in total. The number of benzene rings is 1. The first-order valence-corrected chi connectivity index (χ1v) is 9.37. The number of ether oxygens (including phenoxy) is 2. The molecule has 1 aliphatic rings. The molecule has 148 valence electrons. The van der Waals surface area contributed by atoms with Gasteiger partial charge >= 0.3 is 0 Å². The van der Waals surface area contributed by atoms with Gasteiger partial charge in [0.05, 0.1) is 6.10 Å². The molecule has 0 saturated heterocycles. The van der Waals surface area contributed by atoms with Crippen molar-refractivity contribution in [3.63, 3.8) is 0 Å². The number of hydrogen-bond donors (Lipinski definition) is 2. The van der Waals surface area contributed by atoms with Gasteiger partial charge in [-0.3, -0.25) is 4.99 Å². The van der Waals surface area contributed by atoms with Crippen molar-refractivity contribution in [2.75, 3.05) is 26.8 Å². The normalized spacial score (nSPS) is 14.1. The molecule has 5 nitrogen and oxygen atoms in total. The van der Waals surface area contributed by atoms with E-state index in [-0.39, 0.29) is 30.1 Å². The summed E-state index contributed by atoms with van der Waals surface area (Å²) in [7, 11) is 1.79. The van der Waals surface area contributed by atoms with Crippen molar-refractivity contribution in [1.29, 1.82) is 0 Å². The van der Waals surface area contributed by atoms with Gasteiger partial charge in [0, 0.05) is 38.9 Å². The summed E-state index contributed by atoms with van der Waals surface area (Å²) in [6.45, 7) is 9.45. The largest absolute Gasteiger partial charge is 0.491 e. The second-order valence-electron chi connectivity index (χ2n) is 7.00. The SMILES string of the molecule is CN=C(NCCCOCC1CC1)NCc1ccc(C)cc1OC(C)C.I. The van der Waals surface area contributed by atoms with E-state index in [4.69, 9.17) is 9.47 Å². The molecule has 1 aromatic rings. The summed E-state index contributed by atoms with van der Waals surface area (Å²) in [5, 5.41) is 6.69. The quantitative estimate of drug-likeness (QED) is 0.234. The third kappa shape index (κ3) is 9.07. The number of hydrogen-bond acceptors (Lipinski definition) is 3. The van der Waals surface area contributed by atoms with Crippen LogP contribution >= 0.6 is 24.0 Å². The van der Waals surface area contributed by atoms with Crippen molar-refractivity contribution in [2.45, 2.75) is 52.7 Å². The van der Waals surface area contributed by atoms with E-state index < -0.39 is 0 Å². The highest BCUT2D eigenvalue weighted by molar-refractivity contribution is 14.0. The standard InChI is InChI=1S/C20H33N3O2.HI/c1-15(2)25-19-12-16(3)6-9-18(19)13-23-20(21-4)22-10-5-11-24-14-17-7-8-17;/h6,9,12,15,17H,5,7-8,10-11,13-14H2,1-4H3,(H2,21,22,23);1H. The zero-order valence-electron chi connectivity index (χ0n) is 16.5. The van der Waals surface area contributed by atoms with Gasteiger partial charge in [0.15, 0.2) is 5.96 Å². The highest BCUT2D eigenvalue weighted by atomic mass is 127. The Bertz CT molecular complexity index is 560. The van der Waals surface area contributed by atoms with Crippen LogP contribution in [0.3, 0.4) is 0 Å². The van der Waals surface area contributed by atoms with Crippen molar-refractivity contribution >= 4 is 29.9 Å². The van der Waals surface area contributed by atoms with E-state index in [1.165, 1.54) is 18.4 Å². The van der Waals surface area contributed by atoms with Gasteiger partial charge < -0.3 is 20.1 Å². The van der Waals surface area contributed by atoms with E-state index >= 15 is 0 Å². The number of rotatable bonds is 10. The number of guanidine groups is 1. The second kappa shape index (κ2) is 12.4. The van der Waals surface area contributed by atoms with Crippen LogP contribution in [0.5, 0.6) is 5.75 Å². The van der Waals surface area contributed by atoms with E-state index in [0.29, 0.717) is 6.54 Å². The Kier molecular flexibility index (Phi) is 11.0. The van der Waals surface area contributed by atoms with Crippen LogP contribution in [-0.4, -0.2) is 38.9 Å².